The fraction of sp³-hybridized carbons (Fsp3) is 0.200. The molecule has 0 aliphatic heterocycles. The van der Waals surface area contributed by atoms with Crippen molar-refractivity contribution in [2.24, 2.45) is 0 Å². The van der Waals surface area contributed by atoms with E-state index in [9.17, 15) is 13.2 Å². The summed E-state index contributed by atoms with van der Waals surface area (Å²) in [4.78, 5) is 16.8. The molecule has 10 heteroatoms. The van der Waals surface area contributed by atoms with Crippen LogP contribution in [0.2, 0.25) is 10.0 Å². The lowest BCUT2D eigenvalue weighted by atomic mass is 10.1. The van der Waals surface area contributed by atoms with Gasteiger partial charge in [0.15, 0.2) is 0 Å². The van der Waals surface area contributed by atoms with Gasteiger partial charge in [-0.15, -0.1) is 0 Å². The summed E-state index contributed by atoms with van der Waals surface area (Å²) in [6.07, 6.45) is 4.57. The minimum Gasteiger partial charge on any atom is -0.350 e. The van der Waals surface area contributed by atoms with Crippen molar-refractivity contribution in [3.8, 4) is 5.69 Å². The summed E-state index contributed by atoms with van der Waals surface area (Å²) in [7, 11) is -3.72. The van der Waals surface area contributed by atoms with Gasteiger partial charge < -0.3 is 9.88 Å². The Bertz CT molecular complexity index is 1180. The smallest absolute Gasteiger partial charge is 0.241 e. The number of anilines is 1. The SMILES string of the molecule is Cc1nccn1-c1ccccc1CNC(=O)CN(c1ccc(Cl)c(Cl)c1)S(C)(=O)=O. The topological polar surface area (TPSA) is 84.3 Å². The Hall–Kier alpha value is -2.55. The van der Waals surface area contributed by atoms with Gasteiger partial charge in [0.05, 0.1) is 27.7 Å². The highest BCUT2D eigenvalue weighted by Gasteiger charge is 2.21. The molecule has 0 aliphatic rings. The summed E-state index contributed by atoms with van der Waals surface area (Å²) in [6, 6.07) is 12.0. The van der Waals surface area contributed by atoms with E-state index in [2.05, 4.69) is 10.3 Å². The minimum atomic E-state index is -3.72. The van der Waals surface area contributed by atoms with E-state index >= 15 is 0 Å². The van der Waals surface area contributed by atoms with E-state index in [0.29, 0.717) is 5.02 Å². The number of para-hydroxylation sites is 1. The summed E-state index contributed by atoms with van der Waals surface area (Å²) in [5, 5.41) is 3.28. The lowest BCUT2D eigenvalue weighted by Crippen LogP contribution is -2.40. The van der Waals surface area contributed by atoms with Gasteiger partial charge in [-0.3, -0.25) is 9.10 Å². The molecule has 158 valence electrons. The molecule has 0 unspecified atom stereocenters. The van der Waals surface area contributed by atoms with Gasteiger partial charge in [-0.2, -0.15) is 0 Å². The number of rotatable bonds is 7. The fourth-order valence-corrected chi connectivity index (χ4v) is 4.09. The molecule has 30 heavy (non-hydrogen) atoms. The van der Waals surface area contributed by atoms with Crippen LogP contribution in [0.5, 0.6) is 0 Å². The van der Waals surface area contributed by atoms with E-state index < -0.39 is 15.9 Å². The molecule has 0 fully saturated rings. The number of halogens is 2. The van der Waals surface area contributed by atoms with Gasteiger partial charge in [-0.25, -0.2) is 13.4 Å². The van der Waals surface area contributed by atoms with Gasteiger partial charge in [0.25, 0.3) is 0 Å². The molecular weight excluding hydrogens is 447 g/mol. The molecule has 1 amide bonds. The largest absolute Gasteiger partial charge is 0.350 e. The highest BCUT2D eigenvalue weighted by atomic mass is 35.5. The van der Waals surface area contributed by atoms with Gasteiger partial charge in [0.1, 0.15) is 12.4 Å². The van der Waals surface area contributed by atoms with E-state index in [-0.39, 0.29) is 23.8 Å². The van der Waals surface area contributed by atoms with Gasteiger partial charge in [0, 0.05) is 18.9 Å². The minimum absolute atomic E-state index is 0.202. The van der Waals surface area contributed by atoms with Crippen LogP contribution in [-0.4, -0.2) is 36.7 Å². The Balaban J connectivity index is 1.76. The second kappa shape index (κ2) is 9.07. The Morgan fingerprint density at radius 3 is 2.53 bits per heavy atom. The number of benzene rings is 2. The zero-order valence-electron chi connectivity index (χ0n) is 16.3. The molecule has 0 aliphatic carbocycles. The van der Waals surface area contributed by atoms with Crippen molar-refractivity contribution in [3.05, 3.63) is 76.3 Å². The summed E-state index contributed by atoms with van der Waals surface area (Å²) < 4.78 is 27.4. The maximum Gasteiger partial charge on any atom is 0.241 e. The number of imidazole rings is 1. The second-order valence-corrected chi connectivity index (χ2v) is 9.34. The second-order valence-electron chi connectivity index (χ2n) is 6.62. The van der Waals surface area contributed by atoms with Gasteiger partial charge in [-0.05, 0) is 36.8 Å². The summed E-state index contributed by atoms with van der Waals surface area (Å²) >= 11 is 11.9. The zero-order valence-corrected chi connectivity index (χ0v) is 18.7. The van der Waals surface area contributed by atoms with Crippen molar-refractivity contribution < 1.29 is 13.2 Å². The summed E-state index contributed by atoms with van der Waals surface area (Å²) in [6.45, 7) is 1.73. The molecule has 0 atom stereocenters. The van der Waals surface area contributed by atoms with Crippen molar-refractivity contribution >= 4 is 44.8 Å². The number of hydrogen-bond acceptors (Lipinski definition) is 4. The molecular formula is C20H20Cl2N4O3S. The maximum absolute atomic E-state index is 12.6. The van der Waals surface area contributed by atoms with Crippen LogP contribution in [0.1, 0.15) is 11.4 Å². The van der Waals surface area contributed by atoms with Crippen LogP contribution >= 0.6 is 23.2 Å². The maximum atomic E-state index is 12.6. The Morgan fingerprint density at radius 1 is 1.17 bits per heavy atom. The number of amides is 1. The van der Waals surface area contributed by atoms with Crippen molar-refractivity contribution in [3.63, 3.8) is 0 Å². The van der Waals surface area contributed by atoms with Crippen molar-refractivity contribution in [2.75, 3.05) is 17.1 Å². The first-order chi connectivity index (χ1) is 14.2. The van der Waals surface area contributed by atoms with Crippen LogP contribution < -0.4 is 9.62 Å². The molecule has 1 N–H and O–H groups in total. The van der Waals surface area contributed by atoms with E-state index in [0.717, 1.165) is 27.6 Å². The van der Waals surface area contributed by atoms with Crippen LogP contribution in [0.4, 0.5) is 5.69 Å². The molecule has 1 heterocycles. The number of carbonyl (C=O) groups excluding carboxylic acids is 1. The first-order valence-electron chi connectivity index (χ1n) is 8.94. The van der Waals surface area contributed by atoms with Crippen LogP contribution in [0.15, 0.2) is 54.9 Å². The number of hydrogen-bond donors (Lipinski definition) is 1. The van der Waals surface area contributed by atoms with Crippen LogP contribution in [0, 0.1) is 6.92 Å². The van der Waals surface area contributed by atoms with E-state index in [1.807, 2.05) is 42.0 Å². The third-order valence-corrected chi connectivity index (χ3v) is 6.31. The predicted octanol–water partition coefficient (Wildman–Crippen LogP) is 3.57. The normalized spacial score (nSPS) is 11.3. The van der Waals surface area contributed by atoms with Gasteiger partial charge in [0.2, 0.25) is 15.9 Å². The van der Waals surface area contributed by atoms with Crippen LogP contribution in [-0.2, 0) is 21.4 Å². The lowest BCUT2D eigenvalue weighted by molar-refractivity contribution is -0.119. The first kappa shape index (κ1) is 22.1. The molecule has 0 saturated carbocycles. The van der Waals surface area contributed by atoms with E-state index in [1.165, 1.54) is 18.2 Å². The summed E-state index contributed by atoms with van der Waals surface area (Å²) in [5.41, 5.74) is 2.01. The average molecular weight is 467 g/mol. The number of aromatic nitrogens is 2. The highest BCUT2D eigenvalue weighted by molar-refractivity contribution is 7.92. The number of nitrogens with one attached hydrogen (secondary N) is 1. The van der Waals surface area contributed by atoms with E-state index in [4.69, 9.17) is 23.2 Å². The highest BCUT2D eigenvalue weighted by Crippen LogP contribution is 2.28. The van der Waals surface area contributed by atoms with Crippen molar-refractivity contribution in [1.82, 2.24) is 14.9 Å². The molecule has 0 saturated heterocycles. The predicted molar refractivity (Wildman–Crippen MR) is 119 cm³/mol. The number of nitrogens with zero attached hydrogens (tertiary/aromatic N) is 3. The Labute approximate surface area is 185 Å². The number of sulfonamides is 1. The lowest BCUT2D eigenvalue weighted by Gasteiger charge is -2.22. The molecule has 0 bridgehead atoms. The Kier molecular flexibility index (Phi) is 6.70. The van der Waals surface area contributed by atoms with Gasteiger partial charge >= 0.3 is 0 Å². The van der Waals surface area contributed by atoms with Crippen molar-refractivity contribution in [2.45, 2.75) is 13.5 Å². The summed E-state index contributed by atoms with van der Waals surface area (Å²) in [5.74, 6) is 0.361. The molecule has 1 aromatic heterocycles. The monoisotopic (exact) mass is 466 g/mol. The molecule has 7 nitrogen and oxygen atoms in total. The van der Waals surface area contributed by atoms with Crippen molar-refractivity contribution in [1.29, 1.82) is 0 Å². The fourth-order valence-electron chi connectivity index (χ4n) is 2.95. The van der Waals surface area contributed by atoms with E-state index in [1.54, 1.807) is 6.20 Å². The molecule has 0 spiro atoms. The first-order valence-corrected chi connectivity index (χ1v) is 11.5. The quantitative estimate of drug-likeness (QED) is 0.576. The zero-order chi connectivity index (χ0) is 21.9. The number of carbonyl (C=O) groups is 1. The van der Waals surface area contributed by atoms with Crippen LogP contribution in [0.25, 0.3) is 5.69 Å². The van der Waals surface area contributed by atoms with Gasteiger partial charge in [-0.1, -0.05) is 41.4 Å². The molecule has 3 aromatic rings. The van der Waals surface area contributed by atoms with Crippen LogP contribution in [0.3, 0.4) is 0 Å². The standard InChI is InChI=1S/C20H20Cl2N4O3S/c1-14-23-9-10-25(14)19-6-4-3-5-15(19)12-24-20(27)13-26(30(2,28)29)16-7-8-17(21)18(22)11-16/h3-11H,12-13H2,1-2H3,(H,24,27). The third-order valence-electron chi connectivity index (χ3n) is 4.43. The molecule has 3 rings (SSSR count). The Morgan fingerprint density at radius 2 is 1.90 bits per heavy atom. The molecule has 2 aromatic carbocycles. The number of aryl methyl sites for hydroxylation is 1. The third kappa shape index (κ3) is 5.13. The molecule has 0 radical (unpaired) electrons. The average Bonchev–Trinajstić information content (AvgIpc) is 3.12.